The fourth-order valence-electron chi connectivity index (χ4n) is 5.46. The predicted molar refractivity (Wildman–Crippen MR) is 152 cm³/mol. The summed E-state index contributed by atoms with van der Waals surface area (Å²) in [4.78, 5) is 34.2. The van der Waals surface area contributed by atoms with E-state index in [9.17, 15) is 9.59 Å². The molecule has 2 amide bonds. The lowest BCUT2D eigenvalue weighted by atomic mass is 10.1. The van der Waals surface area contributed by atoms with Gasteiger partial charge in [0.05, 0.1) is 49.2 Å². The van der Waals surface area contributed by atoms with Gasteiger partial charge in [-0.3, -0.25) is 9.59 Å². The van der Waals surface area contributed by atoms with Crippen LogP contribution in [0.1, 0.15) is 12.8 Å². The lowest BCUT2D eigenvalue weighted by Crippen LogP contribution is -2.45. The lowest BCUT2D eigenvalue weighted by molar-refractivity contribution is -0.118. The predicted octanol–water partition coefficient (Wildman–Crippen LogP) is 4.01. The SMILES string of the molecule is O=C1C(N2CCOCC2)=CCCN1c1ccc(N=Nc2ccc(N3CCC=C(N4CCOCC4)C3=O)cc2)cc1. The Morgan fingerprint density at radius 1 is 0.525 bits per heavy atom. The van der Waals surface area contributed by atoms with Crippen LogP contribution in [0.2, 0.25) is 0 Å². The highest BCUT2D eigenvalue weighted by Gasteiger charge is 2.29. The van der Waals surface area contributed by atoms with Crippen LogP contribution < -0.4 is 9.80 Å². The van der Waals surface area contributed by atoms with Crippen LogP contribution >= 0.6 is 0 Å². The third kappa shape index (κ3) is 5.64. The van der Waals surface area contributed by atoms with E-state index in [4.69, 9.17) is 9.47 Å². The highest BCUT2D eigenvalue weighted by Crippen LogP contribution is 2.29. The first-order valence-electron chi connectivity index (χ1n) is 14.0. The monoisotopic (exact) mass is 542 g/mol. The largest absolute Gasteiger partial charge is 0.378 e. The Kier molecular flexibility index (Phi) is 7.87. The molecule has 0 atom stereocenters. The molecule has 0 aliphatic carbocycles. The van der Waals surface area contributed by atoms with Gasteiger partial charge in [-0.25, -0.2) is 0 Å². The van der Waals surface area contributed by atoms with Gasteiger partial charge in [-0.1, -0.05) is 12.2 Å². The summed E-state index contributed by atoms with van der Waals surface area (Å²) in [5.41, 5.74) is 4.64. The van der Waals surface area contributed by atoms with Gasteiger partial charge in [-0.15, -0.1) is 0 Å². The summed E-state index contributed by atoms with van der Waals surface area (Å²) < 4.78 is 10.9. The molecule has 4 aliphatic heterocycles. The van der Waals surface area contributed by atoms with Gasteiger partial charge in [0.25, 0.3) is 11.8 Å². The molecule has 0 spiro atoms. The zero-order valence-electron chi connectivity index (χ0n) is 22.6. The fraction of sp³-hybridized carbons (Fsp3) is 0.400. The van der Waals surface area contributed by atoms with E-state index in [1.54, 1.807) is 0 Å². The van der Waals surface area contributed by atoms with Crippen molar-refractivity contribution in [1.82, 2.24) is 9.80 Å². The van der Waals surface area contributed by atoms with Crippen LogP contribution in [0, 0.1) is 0 Å². The van der Waals surface area contributed by atoms with Crippen LogP contribution in [-0.2, 0) is 19.1 Å². The van der Waals surface area contributed by atoms with Gasteiger partial charge in [0.1, 0.15) is 0 Å². The summed E-state index contributed by atoms with van der Waals surface area (Å²) in [7, 11) is 0. The molecule has 40 heavy (non-hydrogen) atoms. The molecule has 0 bridgehead atoms. The molecule has 208 valence electrons. The summed E-state index contributed by atoms with van der Waals surface area (Å²) in [6.45, 7) is 6.88. The number of anilines is 2. The molecule has 4 heterocycles. The number of azo groups is 1. The minimum atomic E-state index is 0.0300. The van der Waals surface area contributed by atoms with Crippen molar-refractivity contribution >= 4 is 34.6 Å². The maximum atomic E-state index is 13.2. The van der Waals surface area contributed by atoms with Gasteiger partial charge < -0.3 is 29.1 Å². The van der Waals surface area contributed by atoms with Crippen molar-refractivity contribution in [2.75, 3.05) is 75.5 Å². The zero-order valence-corrected chi connectivity index (χ0v) is 22.6. The molecular weight excluding hydrogens is 508 g/mol. The number of morpholine rings is 2. The number of hydrogen-bond acceptors (Lipinski definition) is 8. The molecule has 2 fully saturated rings. The second-order valence-corrected chi connectivity index (χ2v) is 10.1. The van der Waals surface area contributed by atoms with Crippen molar-refractivity contribution in [3.8, 4) is 0 Å². The number of benzene rings is 2. The van der Waals surface area contributed by atoms with E-state index in [-0.39, 0.29) is 11.8 Å². The van der Waals surface area contributed by atoms with Gasteiger partial charge in [-0.2, -0.15) is 10.2 Å². The van der Waals surface area contributed by atoms with Gasteiger partial charge >= 0.3 is 0 Å². The Hall–Kier alpha value is -4.02. The smallest absolute Gasteiger partial charge is 0.274 e. The average molecular weight is 543 g/mol. The van der Waals surface area contributed by atoms with E-state index < -0.39 is 0 Å². The topological polar surface area (TPSA) is 90.3 Å². The standard InChI is InChI=1S/C30H34N6O4/c37-29-27(33-15-19-39-20-16-33)3-1-13-35(29)25-9-5-23(6-10-25)31-32-24-7-11-26(12-8-24)36-14-2-4-28(30(36)38)34-17-21-40-22-18-34/h3-12H,1-2,13-22H2. The van der Waals surface area contributed by atoms with Crippen molar-refractivity contribution in [3.63, 3.8) is 0 Å². The normalized spacial score (nSPS) is 20.7. The molecule has 2 aromatic rings. The van der Waals surface area contributed by atoms with E-state index >= 15 is 0 Å². The summed E-state index contributed by atoms with van der Waals surface area (Å²) in [5, 5.41) is 8.76. The highest BCUT2D eigenvalue weighted by molar-refractivity contribution is 6.06. The summed E-state index contributed by atoms with van der Waals surface area (Å²) in [5.74, 6) is 0.0599. The van der Waals surface area contributed by atoms with Crippen molar-refractivity contribution in [2.45, 2.75) is 12.8 Å². The Balaban J connectivity index is 1.08. The molecular formula is C30H34N6O4. The molecule has 2 saturated heterocycles. The number of amides is 2. The Morgan fingerprint density at radius 3 is 1.27 bits per heavy atom. The summed E-state index contributed by atoms with van der Waals surface area (Å²) >= 11 is 0. The van der Waals surface area contributed by atoms with Crippen molar-refractivity contribution in [3.05, 3.63) is 72.1 Å². The Bertz CT molecular complexity index is 1210. The van der Waals surface area contributed by atoms with Crippen molar-refractivity contribution in [2.24, 2.45) is 10.2 Å². The molecule has 0 radical (unpaired) electrons. The number of nitrogens with zero attached hydrogens (tertiary/aromatic N) is 6. The van der Waals surface area contributed by atoms with Gasteiger partial charge in [0, 0.05) is 50.6 Å². The molecule has 10 nitrogen and oxygen atoms in total. The van der Waals surface area contributed by atoms with Crippen LogP contribution in [0.25, 0.3) is 0 Å². The van der Waals surface area contributed by atoms with E-state index in [1.807, 2.05) is 70.5 Å². The molecule has 0 aromatic heterocycles. The lowest BCUT2D eigenvalue weighted by Gasteiger charge is -2.35. The molecule has 6 rings (SSSR count). The van der Waals surface area contributed by atoms with Gasteiger partial charge in [0.15, 0.2) is 0 Å². The van der Waals surface area contributed by atoms with E-state index in [1.165, 1.54) is 0 Å². The zero-order chi connectivity index (χ0) is 27.3. The maximum Gasteiger partial charge on any atom is 0.274 e. The minimum Gasteiger partial charge on any atom is -0.378 e. The van der Waals surface area contributed by atoms with Crippen molar-refractivity contribution in [1.29, 1.82) is 0 Å². The van der Waals surface area contributed by atoms with E-state index in [0.29, 0.717) is 50.9 Å². The molecule has 4 aliphatic rings. The van der Waals surface area contributed by atoms with Crippen LogP contribution in [0.4, 0.5) is 22.7 Å². The van der Waals surface area contributed by atoms with Crippen LogP contribution in [0.5, 0.6) is 0 Å². The van der Waals surface area contributed by atoms with Crippen molar-refractivity contribution < 1.29 is 19.1 Å². The molecule has 10 heteroatoms. The average Bonchev–Trinajstić information content (AvgIpc) is 3.02. The van der Waals surface area contributed by atoms with Gasteiger partial charge in [-0.05, 0) is 61.4 Å². The summed E-state index contributed by atoms with van der Waals surface area (Å²) in [6, 6.07) is 15.2. The summed E-state index contributed by atoms with van der Waals surface area (Å²) in [6.07, 6.45) is 5.73. The number of hydrogen-bond donors (Lipinski definition) is 0. The van der Waals surface area contributed by atoms with E-state index in [2.05, 4.69) is 20.0 Å². The quantitative estimate of drug-likeness (QED) is 0.513. The first-order chi connectivity index (χ1) is 19.7. The van der Waals surface area contributed by atoms with E-state index in [0.717, 1.165) is 61.8 Å². The fourth-order valence-corrected chi connectivity index (χ4v) is 5.46. The molecule has 0 saturated carbocycles. The number of carbonyl (C=O) groups is 2. The molecule has 2 aromatic carbocycles. The Labute approximate surface area is 234 Å². The first-order valence-corrected chi connectivity index (χ1v) is 14.0. The molecule has 0 N–H and O–H groups in total. The second kappa shape index (κ2) is 12.0. The first kappa shape index (κ1) is 26.2. The van der Waals surface area contributed by atoms with Gasteiger partial charge in [0.2, 0.25) is 0 Å². The van der Waals surface area contributed by atoms with Crippen LogP contribution in [-0.4, -0.2) is 87.3 Å². The molecule has 0 unspecified atom stereocenters. The Morgan fingerprint density at radius 2 is 0.900 bits per heavy atom. The third-order valence-corrected chi connectivity index (χ3v) is 7.62. The number of carbonyl (C=O) groups excluding carboxylic acids is 2. The van der Waals surface area contributed by atoms with Crippen LogP contribution in [0.15, 0.2) is 82.3 Å². The minimum absolute atomic E-state index is 0.0300. The second-order valence-electron chi connectivity index (χ2n) is 10.1. The maximum absolute atomic E-state index is 13.2. The number of ether oxygens (including phenoxy) is 2. The van der Waals surface area contributed by atoms with Crippen LogP contribution in [0.3, 0.4) is 0 Å². The number of rotatable bonds is 6. The highest BCUT2D eigenvalue weighted by atomic mass is 16.5. The third-order valence-electron chi connectivity index (χ3n) is 7.62.